The van der Waals surface area contributed by atoms with Crippen molar-refractivity contribution >= 4 is 12.0 Å². The SMILES string of the molecule is COC(=O)N1CCn2c(-c3ccccc3)nc(C(=O)NC(C)c3ccccc3)c2C1. The summed E-state index contributed by atoms with van der Waals surface area (Å²) in [6.45, 7) is 3.25. The fourth-order valence-electron chi connectivity index (χ4n) is 3.73. The Bertz CT molecular complexity index is 1050. The van der Waals surface area contributed by atoms with Gasteiger partial charge in [-0.1, -0.05) is 60.7 Å². The number of hydrogen-bond donors (Lipinski definition) is 1. The Balaban J connectivity index is 1.69. The van der Waals surface area contributed by atoms with Crippen molar-refractivity contribution in [3.05, 3.63) is 77.6 Å². The van der Waals surface area contributed by atoms with E-state index in [0.29, 0.717) is 24.5 Å². The second-order valence-electron chi connectivity index (χ2n) is 7.25. The molecule has 154 valence electrons. The van der Waals surface area contributed by atoms with Gasteiger partial charge in [-0.15, -0.1) is 0 Å². The summed E-state index contributed by atoms with van der Waals surface area (Å²) in [6.07, 6.45) is -0.410. The van der Waals surface area contributed by atoms with Gasteiger partial charge in [0, 0.05) is 18.7 Å². The topological polar surface area (TPSA) is 76.5 Å². The highest BCUT2D eigenvalue weighted by Gasteiger charge is 2.30. The third-order valence-corrected chi connectivity index (χ3v) is 5.33. The first-order chi connectivity index (χ1) is 14.6. The van der Waals surface area contributed by atoms with Crippen molar-refractivity contribution in [3.8, 4) is 11.4 Å². The fourth-order valence-corrected chi connectivity index (χ4v) is 3.73. The summed E-state index contributed by atoms with van der Waals surface area (Å²) in [5.41, 5.74) is 2.99. The van der Waals surface area contributed by atoms with E-state index < -0.39 is 6.09 Å². The van der Waals surface area contributed by atoms with Crippen molar-refractivity contribution in [3.63, 3.8) is 0 Å². The molecule has 1 N–H and O–H groups in total. The van der Waals surface area contributed by atoms with E-state index in [2.05, 4.69) is 5.32 Å². The molecule has 0 aliphatic carbocycles. The number of nitrogens with one attached hydrogen (secondary N) is 1. The largest absolute Gasteiger partial charge is 0.453 e. The molecule has 7 heteroatoms. The van der Waals surface area contributed by atoms with Gasteiger partial charge < -0.3 is 19.5 Å². The fraction of sp³-hybridized carbons (Fsp3) is 0.261. The maximum atomic E-state index is 13.2. The summed E-state index contributed by atoms with van der Waals surface area (Å²) in [4.78, 5) is 31.5. The van der Waals surface area contributed by atoms with Crippen LogP contribution in [0.15, 0.2) is 60.7 Å². The Morgan fingerprint density at radius 2 is 1.70 bits per heavy atom. The molecular weight excluding hydrogens is 380 g/mol. The zero-order valence-electron chi connectivity index (χ0n) is 17.0. The lowest BCUT2D eigenvalue weighted by atomic mass is 10.1. The number of imidazole rings is 1. The number of nitrogens with zero attached hydrogens (tertiary/aromatic N) is 3. The molecule has 2 aromatic carbocycles. The molecule has 4 rings (SSSR count). The number of carbonyl (C=O) groups is 2. The van der Waals surface area contributed by atoms with Gasteiger partial charge in [0.2, 0.25) is 0 Å². The zero-order chi connectivity index (χ0) is 21.1. The zero-order valence-corrected chi connectivity index (χ0v) is 17.0. The number of aromatic nitrogens is 2. The van der Waals surface area contributed by atoms with Crippen LogP contribution in [0.25, 0.3) is 11.4 Å². The number of carbonyl (C=O) groups excluding carboxylic acids is 2. The Morgan fingerprint density at radius 1 is 1.03 bits per heavy atom. The smallest absolute Gasteiger partial charge is 0.409 e. The van der Waals surface area contributed by atoms with Crippen molar-refractivity contribution in [1.29, 1.82) is 0 Å². The molecule has 2 amide bonds. The highest BCUT2D eigenvalue weighted by Crippen LogP contribution is 2.27. The molecule has 0 spiro atoms. The average Bonchev–Trinajstić information content (AvgIpc) is 3.18. The molecule has 1 aliphatic rings. The van der Waals surface area contributed by atoms with Gasteiger partial charge in [0.1, 0.15) is 5.82 Å². The minimum absolute atomic E-state index is 0.170. The summed E-state index contributed by atoms with van der Waals surface area (Å²) in [7, 11) is 1.36. The van der Waals surface area contributed by atoms with Crippen LogP contribution in [0, 0.1) is 0 Å². The molecule has 2 heterocycles. The second kappa shape index (κ2) is 8.41. The first-order valence-electron chi connectivity index (χ1n) is 9.92. The van der Waals surface area contributed by atoms with Crippen molar-refractivity contribution in [2.75, 3.05) is 13.7 Å². The monoisotopic (exact) mass is 404 g/mol. The lowest BCUT2D eigenvalue weighted by Gasteiger charge is -2.28. The third-order valence-electron chi connectivity index (χ3n) is 5.33. The minimum atomic E-state index is -0.410. The number of ether oxygens (including phenoxy) is 1. The number of fused-ring (bicyclic) bond motifs is 1. The summed E-state index contributed by atoms with van der Waals surface area (Å²) in [6, 6.07) is 19.4. The van der Waals surface area contributed by atoms with E-state index in [1.807, 2.05) is 72.2 Å². The van der Waals surface area contributed by atoms with Crippen LogP contribution in [0.4, 0.5) is 4.79 Å². The van der Waals surface area contributed by atoms with E-state index in [0.717, 1.165) is 17.0 Å². The first kappa shape index (κ1) is 19.7. The summed E-state index contributed by atoms with van der Waals surface area (Å²) in [5.74, 6) is 0.469. The van der Waals surface area contributed by atoms with E-state index in [4.69, 9.17) is 9.72 Å². The quantitative estimate of drug-likeness (QED) is 0.721. The molecular formula is C23H24N4O3. The van der Waals surface area contributed by atoms with E-state index in [9.17, 15) is 9.59 Å². The van der Waals surface area contributed by atoms with Gasteiger partial charge in [-0.05, 0) is 12.5 Å². The average molecular weight is 404 g/mol. The summed E-state index contributed by atoms with van der Waals surface area (Å²) >= 11 is 0. The van der Waals surface area contributed by atoms with Gasteiger partial charge in [0.05, 0.1) is 25.4 Å². The van der Waals surface area contributed by atoms with Gasteiger partial charge >= 0.3 is 6.09 Å². The van der Waals surface area contributed by atoms with Crippen LogP contribution in [0.3, 0.4) is 0 Å². The molecule has 30 heavy (non-hydrogen) atoms. The molecule has 0 saturated carbocycles. The predicted molar refractivity (Wildman–Crippen MR) is 113 cm³/mol. The van der Waals surface area contributed by atoms with Gasteiger partial charge in [0.25, 0.3) is 5.91 Å². The van der Waals surface area contributed by atoms with Crippen LogP contribution in [0.2, 0.25) is 0 Å². The van der Waals surface area contributed by atoms with Gasteiger partial charge in [-0.2, -0.15) is 0 Å². The number of hydrogen-bond acceptors (Lipinski definition) is 4. The van der Waals surface area contributed by atoms with Crippen LogP contribution >= 0.6 is 0 Å². The number of methoxy groups -OCH3 is 1. The Labute approximate surface area is 175 Å². The third kappa shape index (κ3) is 3.78. The summed E-state index contributed by atoms with van der Waals surface area (Å²) in [5, 5.41) is 3.04. The van der Waals surface area contributed by atoms with Crippen molar-refractivity contribution in [1.82, 2.24) is 19.8 Å². The molecule has 0 fully saturated rings. The second-order valence-corrected chi connectivity index (χ2v) is 7.25. The molecule has 1 aliphatic heterocycles. The van der Waals surface area contributed by atoms with E-state index in [1.54, 1.807) is 4.90 Å². The van der Waals surface area contributed by atoms with Crippen LogP contribution in [0.1, 0.15) is 34.7 Å². The summed E-state index contributed by atoms with van der Waals surface area (Å²) < 4.78 is 6.90. The molecule has 1 aromatic heterocycles. The van der Waals surface area contributed by atoms with Crippen molar-refractivity contribution in [2.24, 2.45) is 0 Å². The highest BCUT2D eigenvalue weighted by molar-refractivity contribution is 5.94. The lowest BCUT2D eigenvalue weighted by Crippen LogP contribution is -2.39. The Morgan fingerprint density at radius 3 is 2.37 bits per heavy atom. The molecule has 1 unspecified atom stereocenters. The maximum absolute atomic E-state index is 13.2. The first-order valence-corrected chi connectivity index (χ1v) is 9.92. The number of rotatable bonds is 4. The number of amides is 2. The van der Waals surface area contributed by atoms with Crippen molar-refractivity contribution < 1.29 is 14.3 Å². The minimum Gasteiger partial charge on any atom is -0.453 e. The molecule has 0 saturated heterocycles. The Hall–Kier alpha value is -3.61. The molecule has 3 aromatic rings. The van der Waals surface area contributed by atoms with Crippen LogP contribution in [-0.4, -0.2) is 40.1 Å². The van der Waals surface area contributed by atoms with Crippen LogP contribution < -0.4 is 5.32 Å². The standard InChI is InChI=1S/C23H24N4O3/c1-16(17-9-5-3-6-10-17)24-22(28)20-19-15-26(23(29)30-2)13-14-27(19)21(25-20)18-11-7-4-8-12-18/h3-12,16H,13-15H2,1-2H3,(H,24,28). The van der Waals surface area contributed by atoms with Gasteiger partial charge in [-0.3, -0.25) is 4.79 Å². The molecule has 7 nitrogen and oxygen atoms in total. The normalized spacial score (nSPS) is 14.0. The number of benzene rings is 2. The van der Waals surface area contributed by atoms with E-state index in [1.165, 1.54) is 7.11 Å². The van der Waals surface area contributed by atoms with Crippen LogP contribution in [-0.2, 0) is 17.8 Å². The molecule has 0 radical (unpaired) electrons. The van der Waals surface area contributed by atoms with Crippen LogP contribution in [0.5, 0.6) is 0 Å². The van der Waals surface area contributed by atoms with Gasteiger partial charge in [-0.25, -0.2) is 9.78 Å². The molecule has 1 atom stereocenters. The molecule has 0 bridgehead atoms. The Kier molecular flexibility index (Phi) is 5.52. The lowest BCUT2D eigenvalue weighted by molar-refractivity contribution is 0.0925. The maximum Gasteiger partial charge on any atom is 0.409 e. The highest BCUT2D eigenvalue weighted by atomic mass is 16.5. The van der Waals surface area contributed by atoms with Gasteiger partial charge in [0.15, 0.2) is 5.69 Å². The van der Waals surface area contributed by atoms with E-state index >= 15 is 0 Å². The predicted octanol–water partition coefficient (Wildman–Crippen LogP) is 3.62. The van der Waals surface area contributed by atoms with E-state index in [-0.39, 0.29) is 18.5 Å². The van der Waals surface area contributed by atoms with Crippen molar-refractivity contribution in [2.45, 2.75) is 26.1 Å².